The molecule has 0 bridgehead atoms. The van der Waals surface area contributed by atoms with E-state index in [-0.39, 0.29) is 5.41 Å². The van der Waals surface area contributed by atoms with E-state index >= 15 is 0 Å². The SMILES string of the molecule is CC1(C)c2ccc(-c3ccc(-c4ccc(-c5cc(-c6cccc7oc8ccccc8c67)nc(-c6ccccc6)n5)c5ccccc45)cc3)cc2-c2c1ccc1ccccc21. The number of furan rings is 1. The molecule has 0 unspecified atom stereocenters. The van der Waals surface area contributed by atoms with Crippen LogP contribution in [0.5, 0.6) is 0 Å². The lowest BCUT2D eigenvalue weighted by atomic mass is 9.82. The van der Waals surface area contributed by atoms with Crippen molar-refractivity contribution in [3.8, 4) is 67.3 Å². The van der Waals surface area contributed by atoms with E-state index in [4.69, 9.17) is 14.4 Å². The van der Waals surface area contributed by atoms with Crippen molar-refractivity contribution >= 4 is 43.5 Å². The highest BCUT2D eigenvalue weighted by Gasteiger charge is 2.36. The van der Waals surface area contributed by atoms with Crippen LogP contribution in [0.4, 0.5) is 0 Å². The van der Waals surface area contributed by atoms with Gasteiger partial charge in [-0.15, -0.1) is 0 Å². The first-order chi connectivity index (χ1) is 29.5. The molecule has 0 radical (unpaired) electrons. The zero-order valence-electron chi connectivity index (χ0n) is 33.3. The first kappa shape index (κ1) is 34.4. The molecule has 0 saturated carbocycles. The molecule has 9 aromatic carbocycles. The van der Waals surface area contributed by atoms with Gasteiger partial charge in [-0.25, -0.2) is 9.97 Å². The highest BCUT2D eigenvalue weighted by atomic mass is 16.3. The van der Waals surface area contributed by atoms with E-state index < -0.39 is 0 Å². The van der Waals surface area contributed by atoms with Gasteiger partial charge in [0.25, 0.3) is 0 Å². The summed E-state index contributed by atoms with van der Waals surface area (Å²) in [6.07, 6.45) is 0. The van der Waals surface area contributed by atoms with Crippen molar-refractivity contribution in [1.82, 2.24) is 9.97 Å². The van der Waals surface area contributed by atoms with E-state index in [1.54, 1.807) is 0 Å². The third-order valence-electron chi connectivity index (χ3n) is 12.7. The summed E-state index contributed by atoms with van der Waals surface area (Å²) < 4.78 is 6.30. The quantitative estimate of drug-likeness (QED) is 0.175. The average Bonchev–Trinajstić information content (AvgIpc) is 3.80. The van der Waals surface area contributed by atoms with Gasteiger partial charge in [-0.2, -0.15) is 0 Å². The van der Waals surface area contributed by atoms with E-state index in [0.29, 0.717) is 5.82 Å². The molecule has 0 atom stereocenters. The maximum Gasteiger partial charge on any atom is 0.160 e. The highest BCUT2D eigenvalue weighted by molar-refractivity contribution is 6.12. The Labute approximate surface area is 348 Å². The first-order valence-electron chi connectivity index (χ1n) is 20.6. The molecule has 282 valence electrons. The molecule has 3 heteroatoms. The van der Waals surface area contributed by atoms with Crippen molar-refractivity contribution in [1.29, 1.82) is 0 Å². The van der Waals surface area contributed by atoms with Gasteiger partial charge in [-0.1, -0.05) is 184 Å². The fourth-order valence-electron chi connectivity index (χ4n) is 9.75. The summed E-state index contributed by atoms with van der Waals surface area (Å²) in [5.74, 6) is 0.684. The molecule has 0 aliphatic heterocycles. The summed E-state index contributed by atoms with van der Waals surface area (Å²) >= 11 is 0. The van der Waals surface area contributed by atoms with Gasteiger partial charge in [0, 0.05) is 32.9 Å². The largest absolute Gasteiger partial charge is 0.456 e. The molecule has 60 heavy (non-hydrogen) atoms. The van der Waals surface area contributed by atoms with Crippen LogP contribution >= 0.6 is 0 Å². The molecular weight excluding hydrogens is 729 g/mol. The number of aromatic nitrogens is 2. The van der Waals surface area contributed by atoms with Gasteiger partial charge >= 0.3 is 0 Å². The van der Waals surface area contributed by atoms with Crippen molar-refractivity contribution in [3.05, 3.63) is 205 Å². The molecular formula is C57H38N2O. The molecule has 1 aliphatic carbocycles. The minimum absolute atomic E-state index is 0.0521. The van der Waals surface area contributed by atoms with E-state index in [1.165, 1.54) is 60.7 Å². The number of benzene rings is 9. The van der Waals surface area contributed by atoms with Gasteiger partial charge in [-0.3, -0.25) is 0 Å². The number of rotatable bonds is 5. The molecule has 1 aliphatic rings. The topological polar surface area (TPSA) is 38.9 Å². The smallest absolute Gasteiger partial charge is 0.160 e. The molecule has 11 aromatic rings. The average molecular weight is 767 g/mol. The van der Waals surface area contributed by atoms with Crippen LogP contribution in [0, 0.1) is 0 Å². The molecule has 2 heterocycles. The Morgan fingerprint density at radius 1 is 0.383 bits per heavy atom. The first-order valence-corrected chi connectivity index (χ1v) is 20.6. The van der Waals surface area contributed by atoms with Gasteiger partial charge in [-0.05, 0) is 90.3 Å². The Kier molecular flexibility index (Phi) is 7.58. The molecule has 3 nitrogen and oxygen atoms in total. The highest BCUT2D eigenvalue weighted by Crippen LogP contribution is 2.52. The van der Waals surface area contributed by atoms with Crippen LogP contribution in [-0.4, -0.2) is 9.97 Å². The molecule has 2 aromatic heterocycles. The summed E-state index contributed by atoms with van der Waals surface area (Å²) in [5.41, 5.74) is 16.7. The molecule has 12 rings (SSSR count). The third kappa shape index (κ3) is 5.29. The van der Waals surface area contributed by atoms with E-state index in [1.807, 2.05) is 42.5 Å². The number of para-hydroxylation sites is 1. The standard InChI is InChI=1S/C57H38N2O/c1-57(2)48-31-28-39(33-47(48)54-41-16-7-6-13-36(41)27-32-49(54)57)35-23-25-37(26-24-35)40-29-30-44(43-18-9-8-17-42(40)43)50-34-51(59-56(58-50)38-14-4-3-5-15-38)45-20-12-22-53-55(45)46-19-10-11-21-52(46)60-53/h3-34H,1-2H3. The maximum atomic E-state index is 6.30. The minimum atomic E-state index is -0.0521. The fraction of sp³-hybridized carbons (Fsp3) is 0.0526. The van der Waals surface area contributed by atoms with Crippen LogP contribution in [0.1, 0.15) is 25.0 Å². The van der Waals surface area contributed by atoms with Crippen molar-refractivity contribution in [2.75, 3.05) is 0 Å². The lowest BCUT2D eigenvalue weighted by molar-refractivity contribution is 0.661. The van der Waals surface area contributed by atoms with Crippen LogP contribution in [0.2, 0.25) is 0 Å². The van der Waals surface area contributed by atoms with Crippen molar-refractivity contribution in [2.24, 2.45) is 0 Å². The van der Waals surface area contributed by atoms with Crippen LogP contribution in [0.3, 0.4) is 0 Å². The Bertz CT molecular complexity index is 3500. The van der Waals surface area contributed by atoms with Crippen LogP contribution < -0.4 is 0 Å². The van der Waals surface area contributed by atoms with Gasteiger partial charge in [0.05, 0.1) is 11.4 Å². The number of nitrogens with zero attached hydrogens (tertiary/aromatic N) is 2. The predicted octanol–water partition coefficient (Wildman–Crippen LogP) is 15.3. The van der Waals surface area contributed by atoms with Crippen molar-refractivity contribution in [2.45, 2.75) is 19.3 Å². The Morgan fingerprint density at radius 2 is 1.00 bits per heavy atom. The minimum Gasteiger partial charge on any atom is -0.456 e. The molecule has 0 saturated heterocycles. The second kappa shape index (κ2) is 13.2. The number of hydrogen-bond donors (Lipinski definition) is 0. The number of hydrogen-bond acceptors (Lipinski definition) is 3. The van der Waals surface area contributed by atoms with Gasteiger partial charge < -0.3 is 4.42 Å². The lowest BCUT2D eigenvalue weighted by Crippen LogP contribution is -2.14. The third-order valence-corrected chi connectivity index (χ3v) is 12.7. The summed E-state index contributed by atoms with van der Waals surface area (Å²) in [6, 6.07) is 69.5. The maximum absolute atomic E-state index is 6.30. The van der Waals surface area contributed by atoms with Crippen LogP contribution in [0.25, 0.3) is 111 Å². The van der Waals surface area contributed by atoms with E-state index in [9.17, 15) is 0 Å². The number of fused-ring (bicyclic) bond motifs is 9. The fourth-order valence-corrected chi connectivity index (χ4v) is 9.75. The monoisotopic (exact) mass is 766 g/mol. The zero-order chi connectivity index (χ0) is 40.0. The van der Waals surface area contributed by atoms with Gasteiger partial charge in [0.2, 0.25) is 0 Å². The summed E-state index contributed by atoms with van der Waals surface area (Å²) in [6.45, 7) is 4.71. The van der Waals surface area contributed by atoms with Crippen LogP contribution in [0.15, 0.2) is 199 Å². The van der Waals surface area contributed by atoms with Crippen molar-refractivity contribution in [3.63, 3.8) is 0 Å². The van der Waals surface area contributed by atoms with Gasteiger partial charge in [0.15, 0.2) is 5.82 Å². The zero-order valence-corrected chi connectivity index (χ0v) is 33.3. The van der Waals surface area contributed by atoms with Crippen molar-refractivity contribution < 1.29 is 4.42 Å². The molecule has 0 fully saturated rings. The summed E-state index contributed by atoms with van der Waals surface area (Å²) in [7, 11) is 0. The van der Waals surface area contributed by atoms with Crippen LogP contribution in [-0.2, 0) is 5.41 Å². The Balaban J connectivity index is 0.961. The second-order valence-corrected chi connectivity index (χ2v) is 16.5. The van der Waals surface area contributed by atoms with E-state index in [2.05, 4.69) is 166 Å². The molecule has 0 amide bonds. The second-order valence-electron chi connectivity index (χ2n) is 16.5. The van der Waals surface area contributed by atoms with Gasteiger partial charge in [0.1, 0.15) is 11.2 Å². The summed E-state index contributed by atoms with van der Waals surface area (Å²) in [5, 5.41) is 7.05. The summed E-state index contributed by atoms with van der Waals surface area (Å²) in [4.78, 5) is 10.5. The lowest BCUT2D eigenvalue weighted by Gasteiger charge is -2.21. The molecule has 0 N–H and O–H groups in total. The predicted molar refractivity (Wildman–Crippen MR) is 249 cm³/mol. The Morgan fingerprint density at radius 3 is 1.82 bits per heavy atom. The van der Waals surface area contributed by atoms with E-state index in [0.717, 1.165) is 55.4 Å². The normalized spacial score (nSPS) is 13.0. The Hall–Kier alpha value is -7.62. The molecule has 0 spiro atoms.